The van der Waals surface area contributed by atoms with Crippen molar-refractivity contribution in [2.24, 2.45) is 0 Å². The molecule has 101 valence electrons. The van der Waals surface area contributed by atoms with Crippen molar-refractivity contribution in [2.75, 3.05) is 0 Å². The van der Waals surface area contributed by atoms with Gasteiger partial charge in [-0.2, -0.15) is 0 Å². The van der Waals surface area contributed by atoms with Crippen LogP contribution in [0.5, 0.6) is 0 Å². The van der Waals surface area contributed by atoms with Gasteiger partial charge in [0.15, 0.2) is 0 Å². The zero-order chi connectivity index (χ0) is 13.8. The predicted octanol–water partition coefficient (Wildman–Crippen LogP) is 4.55. The van der Waals surface area contributed by atoms with Crippen molar-refractivity contribution in [3.05, 3.63) is 69.9 Å². The summed E-state index contributed by atoms with van der Waals surface area (Å²) in [5.41, 5.74) is 2.57. The minimum atomic E-state index is 0.0778. The van der Waals surface area contributed by atoms with Gasteiger partial charge in [0.05, 0.1) is 6.61 Å². The summed E-state index contributed by atoms with van der Waals surface area (Å²) in [6.07, 6.45) is 1.98. The molecule has 2 heterocycles. The molecule has 1 radical (unpaired) electrons. The van der Waals surface area contributed by atoms with Crippen molar-refractivity contribution in [2.45, 2.75) is 19.4 Å². The van der Waals surface area contributed by atoms with Crippen molar-refractivity contribution in [3.8, 4) is 9.75 Å². The molecule has 0 amide bonds. The molecule has 0 spiro atoms. The molecule has 0 aliphatic carbocycles. The summed E-state index contributed by atoms with van der Waals surface area (Å²) in [5, 5.41) is 11.4. The van der Waals surface area contributed by atoms with E-state index in [1.165, 1.54) is 20.9 Å². The third kappa shape index (κ3) is 3.01. The lowest BCUT2D eigenvalue weighted by Crippen LogP contribution is -1.91. The lowest BCUT2D eigenvalue weighted by Gasteiger charge is -2.02. The van der Waals surface area contributed by atoms with E-state index in [0.29, 0.717) is 0 Å². The molecule has 1 aromatic carbocycles. The minimum Gasteiger partial charge on any atom is -0.391 e. The predicted molar refractivity (Wildman–Crippen MR) is 86.2 cm³/mol. The fourth-order valence-corrected chi connectivity index (χ4v) is 4.09. The van der Waals surface area contributed by atoms with Gasteiger partial charge in [0.1, 0.15) is 0 Å². The monoisotopic (exact) mass is 299 g/mol. The van der Waals surface area contributed by atoms with Crippen LogP contribution in [0.2, 0.25) is 0 Å². The summed E-state index contributed by atoms with van der Waals surface area (Å²) in [6, 6.07) is 18.1. The number of hydrogen-bond donors (Lipinski definition) is 1. The van der Waals surface area contributed by atoms with Crippen LogP contribution in [-0.4, -0.2) is 5.11 Å². The Labute approximate surface area is 127 Å². The largest absolute Gasteiger partial charge is 0.391 e. The van der Waals surface area contributed by atoms with Crippen molar-refractivity contribution in [1.82, 2.24) is 0 Å². The Hall–Kier alpha value is -1.42. The first-order valence-corrected chi connectivity index (χ1v) is 8.29. The lowest BCUT2D eigenvalue weighted by molar-refractivity contribution is 0.285. The summed E-state index contributed by atoms with van der Waals surface area (Å²) in [6.45, 7) is 0.0778. The van der Waals surface area contributed by atoms with Gasteiger partial charge < -0.3 is 5.11 Å². The molecule has 0 bridgehead atoms. The topological polar surface area (TPSA) is 20.2 Å². The van der Waals surface area contributed by atoms with E-state index in [1.807, 2.05) is 6.07 Å². The molecule has 1 nitrogen and oxygen atoms in total. The van der Waals surface area contributed by atoms with Crippen LogP contribution >= 0.6 is 22.7 Å². The van der Waals surface area contributed by atoms with E-state index in [0.717, 1.165) is 17.7 Å². The van der Waals surface area contributed by atoms with Crippen LogP contribution in [0.3, 0.4) is 0 Å². The van der Waals surface area contributed by atoms with Crippen molar-refractivity contribution in [1.29, 1.82) is 0 Å². The summed E-state index contributed by atoms with van der Waals surface area (Å²) in [5.74, 6) is 0. The molecule has 0 unspecified atom stereocenters. The molecular weight excluding hydrogens is 284 g/mol. The highest BCUT2D eigenvalue weighted by molar-refractivity contribution is 7.21. The van der Waals surface area contributed by atoms with Crippen LogP contribution in [-0.2, 0) is 19.4 Å². The lowest BCUT2D eigenvalue weighted by atomic mass is 10.0. The number of hydrogen-bond acceptors (Lipinski definition) is 3. The van der Waals surface area contributed by atoms with Gasteiger partial charge in [-0.05, 0) is 35.4 Å². The van der Waals surface area contributed by atoms with Gasteiger partial charge in [0.25, 0.3) is 0 Å². The Morgan fingerprint density at radius 3 is 2.55 bits per heavy atom. The molecule has 2 aromatic heterocycles. The molecule has 0 fully saturated rings. The molecule has 3 aromatic rings. The molecule has 3 heteroatoms. The van der Waals surface area contributed by atoms with Crippen molar-refractivity contribution in [3.63, 3.8) is 0 Å². The fraction of sp³-hybridized carbons (Fsp3) is 0.176. The van der Waals surface area contributed by atoms with Gasteiger partial charge in [-0.3, -0.25) is 0 Å². The SMILES string of the molecule is OCc1[c]c(CCc2ccccc2)c(-c2cccs2)s1. The summed E-state index contributed by atoms with van der Waals surface area (Å²) >= 11 is 3.40. The van der Waals surface area contributed by atoms with Crippen molar-refractivity contribution >= 4 is 22.7 Å². The highest BCUT2D eigenvalue weighted by Gasteiger charge is 2.12. The number of thiophene rings is 2. The highest BCUT2D eigenvalue weighted by atomic mass is 32.1. The van der Waals surface area contributed by atoms with E-state index in [9.17, 15) is 5.11 Å². The minimum absolute atomic E-state index is 0.0778. The quantitative estimate of drug-likeness (QED) is 0.732. The number of aliphatic hydroxyl groups excluding tert-OH is 1. The van der Waals surface area contributed by atoms with Crippen LogP contribution in [0.15, 0.2) is 47.8 Å². The Kier molecular flexibility index (Phi) is 4.31. The smallest absolute Gasteiger partial charge is 0.0781 e. The average Bonchev–Trinajstić information content (AvgIpc) is 3.15. The second-order valence-electron chi connectivity index (χ2n) is 4.58. The maximum Gasteiger partial charge on any atom is 0.0781 e. The molecule has 0 atom stereocenters. The molecule has 20 heavy (non-hydrogen) atoms. The molecule has 3 rings (SSSR count). The van der Waals surface area contributed by atoms with Crippen LogP contribution < -0.4 is 0 Å². The van der Waals surface area contributed by atoms with Crippen LogP contribution in [0, 0.1) is 6.07 Å². The number of rotatable bonds is 5. The fourth-order valence-electron chi connectivity index (χ4n) is 2.20. The molecule has 0 saturated carbocycles. The molecular formula is C17H15OS2. The summed E-state index contributed by atoms with van der Waals surface area (Å²) in [7, 11) is 0. The molecule has 0 aliphatic heterocycles. The normalized spacial score (nSPS) is 10.8. The Bertz CT molecular complexity index is 654. The Morgan fingerprint density at radius 1 is 1.00 bits per heavy atom. The Morgan fingerprint density at radius 2 is 1.85 bits per heavy atom. The maximum absolute atomic E-state index is 9.34. The first kappa shape index (κ1) is 13.6. The number of benzene rings is 1. The molecule has 1 N–H and O–H groups in total. The van der Waals surface area contributed by atoms with Crippen LogP contribution in [0.1, 0.15) is 16.0 Å². The second kappa shape index (κ2) is 6.35. The van der Waals surface area contributed by atoms with Gasteiger partial charge in [-0.1, -0.05) is 36.4 Å². The van der Waals surface area contributed by atoms with Crippen LogP contribution in [0.4, 0.5) is 0 Å². The van der Waals surface area contributed by atoms with Gasteiger partial charge >= 0.3 is 0 Å². The number of aryl methyl sites for hydroxylation is 2. The summed E-state index contributed by atoms with van der Waals surface area (Å²) in [4.78, 5) is 3.46. The van der Waals surface area contributed by atoms with E-state index in [1.54, 1.807) is 22.7 Å². The van der Waals surface area contributed by atoms with Crippen molar-refractivity contribution < 1.29 is 5.11 Å². The van der Waals surface area contributed by atoms with E-state index >= 15 is 0 Å². The standard InChI is InChI=1S/C17H15OS2/c18-12-15-11-14(9-8-13-5-2-1-3-6-13)17(20-15)16-7-4-10-19-16/h1-7,10,18H,8-9,12H2. The first-order valence-electron chi connectivity index (χ1n) is 6.59. The maximum atomic E-state index is 9.34. The zero-order valence-corrected chi connectivity index (χ0v) is 12.6. The van der Waals surface area contributed by atoms with Gasteiger partial charge in [-0.25, -0.2) is 0 Å². The van der Waals surface area contributed by atoms with Gasteiger partial charge in [0.2, 0.25) is 0 Å². The van der Waals surface area contributed by atoms with Crippen LogP contribution in [0.25, 0.3) is 9.75 Å². The molecule has 0 saturated heterocycles. The van der Waals surface area contributed by atoms with E-state index in [-0.39, 0.29) is 6.61 Å². The van der Waals surface area contributed by atoms with E-state index in [4.69, 9.17) is 0 Å². The highest BCUT2D eigenvalue weighted by Crippen LogP contribution is 2.36. The summed E-state index contributed by atoms with van der Waals surface area (Å²) < 4.78 is 0. The number of aliphatic hydroxyl groups is 1. The van der Waals surface area contributed by atoms with E-state index < -0.39 is 0 Å². The first-order chi connectivity index (χ1) is 9.86. The van der Waals surface area contributed by atoms with E-state index in [2.05, 4.69) is 47.8 Å². The second-order valence-corrected chi connectivity index (χ2v) is 6.63. The third-order valence-electron chi connectivity index (χ3n) is 3.18. The average molecular weight is 299 g/mol. The Balaban J connectivity index is 1.83. The molecule has 0 aliphatic rings. The third-order valence-corrected chi connectivity index (χ3v) is 5.35. The van der Waals surface area contributed by atoms with Gasteiger partial charge in [0, 0.05) is 20.7 Å². The van der Waals surface area contributed by atoms with Gasteiger partial charge in [-0.15, -0.1) is 22.7 Å². The zero-order valence-electron chi connectivity index (χ0n) is 11.0.